The molecule has 1 aromatic carbocycles. The van der Waals surface area contributed by atoms with Gasteiger partial charge in [0.25, 0.3) is 0 Å². The van der Waals surface area contributed by atoms with Gasteiger partial charge >= 0.3 is 0 Å². The third kappa shape index (κ3) is 3.94. The highest BCUT2D eigenvalue weighted by atomic mass is 35.5. The number of hydrogen-bond acceptors (Lipinski definition) is 5. The van der Waals surface area contributed by atoms with Gasteiger partial charge in [0.05, 0.1) is 15.3 Å². The van der Waals surface area contributed by atoms with Crippen LogP contribution in [0.1, 0.15) is 42.4 Å². The van der Waals surface area contributed by atoms with Crippen LogP contribution in [-0.2, 0) is 21.5 Å². The summed E-state index contributed by atoms with van der Waals surface area (Å²) in [4.78, 5) is 21.0. The number of halogens is 2. The minimum Gasteiger partial charge on any atom is -0.386 e. The number of rotatable bonds is 4. The Labute approximate surface area is 175 Å². The molecule has 1 aromatic heterocycles. The van der Waals surface area contributed by atoms with Gasteiger partial charge in [-0.1, -0.05) is 17.7 Å². The maximum atomic E-state index is 14.7. The fourth-order valence-electron chi connectivity index (χ4n) is 3.31. The molecule has 1 aliphatic heterocycles. The van der Waals surface area contributed by atoms with E-state index in [1.54, 1.807) is 39.0 Å². The predicted molar refractivity (Wildman–Crippen MR) is 117 cm³/mol. The fraction of sp³-hybridized carbons (Fsp3) is 0.333. The second-order valence-corrected chi connectivity index (χ2v) is 11.4. The summed E-state index contributed by atoms with van der Waals surface area (Å²) in [5.41, 5.74) is 6.06. The maximum Gasteiger partial charge on any atom is 0.185 e. The van der Waals surface area contributed by atoms with E-state index in [0.717, 1.165) is 0 Å². The Balaban J connectivity index is 1.98. The zero-order valence-corrected chi connectivity index (χ0v) is 18.1. The lowest BCUT2D eigenvalue weighted by molar-refractivity contribution is 0.0988. The van der Waals surface area contributed by atoms with Crippen LogP contribution in [0.2, 0.25) is 5.02 Å². The first kappa shape index (κ1) is 21.5. The number of aromatic nitrogens is 1. The Kier molecular flexibility index (Phi) is 5.34. The van der Waals surface area contributed by atoms with Crippen LogP contribution in [0.5, 0.6) is 0 Å². The average molecular weight is 436 g/mol. The molecule has 0 saturated carbocycles. The number of nitrogens with two attached hydrogens (primary N) is 1. The van der Waals surface area contributed by atoms with Crippen LogP contribution < -0.4 is 5.73 Å². The normalized spacial score (nSPS) is 26.0. The summed E-state index contributed by atoms with van der Waals surface area (Å²) in [6.07, 6.45) is 1.43. The topological polar surface area (TPSA) is 85.4 Å². The lowest BCUT2D eigenvalue weighted by atomic mass is 9.90. The summed E-state index contributed by atoms with van der Waals surface area (Å²) in [5.74, 6) is 3.38. The van der Waals surface area contributed by atoms with Crippen LogP contribution in [-0.4, -0.2) is 37.2 Å². The number of aliphatic imine (C=N–C) groups is 1. The quantitative estimate of drug-likeness (QED) is 0.589. The monoisotopic (exact) mass is 435 g/mol. The number of hydrogen-bond donors (Lipinski definition) is 1. The summed E-state index contributed by atoms with van der Waals surface area (Å²) < 4.78 is 27.0. The van der Waals surface area contributed by atoms with Gasteiger partial charge in [-0.2, -0.15) is 0 Å². The molecule has 0 fully saturated rings. The molecule has 0 radical (unpaired) electrons. The van der Waals surface area contributed by atoms with Crippen molar-refractivity contribution >= 4 is 38.6 Å². The maximum absolute atomic E-state index is 14.7. The third-order valence-electron chi connectivity index (χ3n) is 5.42. The summed E-state index contributed by atoms with van der Waals surface area (Å²) in [7, 11) is -2.68. The van der Waals surface area contributed by atoms with Crippen molar-refractivity contribution in [1.29, 1.82) is 0 Å². The molecule has 3 rings (SSSR count). The van der Waals surface area contributed by atoms with Gasteiger partial charge in [-0.15, -0.1) is 0 Å². The number of pyridine rings is 1. The second kappa shape index (κ2) is 7.22. The zero-order chi connectivity index (χ0) is 21.6. The van der Waals surface area contributed by atoms with Crippen LogP contribution in [0.3, 0.4) is 0 Å². The summed E-state index contributed by atoms with van der Waals surface area (Å²) in [6.45, 7) is 5.14. The van der Waals surface area contributed by atoms with E-state index in [-0.39, 0.29) is 35.0 Å². The lowest BCUT2D eigenvalue weighted by Gasteiger charge is -2.41. The van der Waals surface area contributed by atoms with E-state index in [1.807, 2.05) is 0 Å². The molecule has 0 spiro atoms. The van der Waals surface area contributed by atoms with Gasteiger partial charge in [-0.05, 0) is 66.0 Å². The first-order chi connectivity index (χ1) is 13.4. The molecule has 2 heterocycles. The van der Waals surface area contributed by atoms with E-state index >= 15 is 0 Å². The van der Waals surface area contributed by atoms with Crippen molar-refractivity contribution < 1.29 is 13.4 Å². The molecule has 0 bridgehead atoms. The Morgan fingerprint density at radius 1 is 1.31 bits per heavy atom. The predicted octanol–water partition coefficient (Wildman–Crippen LogP) is 3.38. The molecule has 29 heavy (non-hydrogen) atoms. The molecule has 0 saturated heterocycles. The highest BCUT2D eigenvalue weighted by Crippen LogP contribution is 2.38. The van der Waals surface area contributed by atoms with E-state index < -0.39 is 25.6 Å². The van der Waals surface area contributed by atoms with Gasteiger partial charge in [0.1, 0.15) is 17.3 Å². The summed E-state index contributed by atoms with van der Waals surface area (Å²) in [6, 6.07) is 7.54. The number of nitrogens with zero attached hydrogens (tertiary/aromatic N) is 2. The first-order valence-electron chi connectivity index (χ1n) is 9.00. The third-order valence-corrected chi connectivity index (χ3v) is 8.74. The van der Waals surface area contributed by atoms with Crippen molar-refractivity contribution in [3.63, 3.8) is 0 Å². The average Bonchev–Trinajstić information content (AvgIpc) is 2.62. The molecular weight excluding hydrogens is 413 g/mol. The van der Waals surface area contributed by atoms with Gasteiger partial charge < -0.3 is 5.73 Å². The van der Waals surface area contributed by atoms with Gasteiger partial charge in [0.15, 0.2) is 5.78 Å². The van der Waals surface area contributed by atoms with E-state index in [4.69, 9.17) is 17.3 Å². The SMILES string of the molecule is C=S1(=O)C[C@@](C)(c2cc(CC(=O)c3ccc(Cl)cn3)ccc2F)N=C(N)C1(C)C. The number of ketones is 1. The van der Waals surface area contributed by atoms with E-state index in [2.05, 4.69) is 15.8 Å². The van der Waals surface area contributed by atoms with Crippen molar-refractivity contribution in [2.24, 2.45) is 10.7 Å². The highest BCUT2D eigenvalue weighted by molar-refractivity contribution is 8.02. The lowest BCUT2D eigenvalue weighted by Crippen LogP contribution is -2.54. The standard InChI is InChI=1S/C21H23ClFN3O2S/c1-20(2)19(24)26-21(3,12-29(20,4)28)15-9-13(5-7-16(15)23)10-18(27)17-8-6-14(22)11-25-17/h5-9,11H,4,10,12H2,1-3H3,(H2,24,26)/t21-,29?/m0/s1. The molecule has 154 valence electrons. The van der Waals surface area contributed by atoms with Gasteiger partial charge in [0.2, 0.25) is 0 Å². The number of Topliss-reactive ketones (excluding diaryl/α,β-unsaturated/α-hetero) is 1. The van der Waals surface area contributed by atoms with Crippen LogP contribution in [0.15, 0.2) is 41.5 Å². The summed E-state index contributed by atoms with van der Waals surface area (Å²) >= 11 is 5.80. The smallest absolute Gasteiger partial charge is 0.185 e. The number of amidine groups is 1. The Morgan fingerprint density at radius 3 is 2.59 bits per heavy atom. The molecule has 1 aliphatic rings. The molecule has 1 unspecified atom stereocenters. The van der Waals surface area contributed by atoms with Crippen molar-refractivity contribution in [2.75, 3.05) is 5.75 Å². The molecule has 0 aliphatic carbocycles. The molecular formula is C21H23ClFN3O2S. The molecule has 2 aromatic rings. The van der Waals surface area contributed by atoms with E-state index in [0.29, 0.717) is 10.6 Å². The zero-order valence-electron chi connectivity index (χ0n) is 16.5. The van der Waals surface area contributed by atoms with Crippen molar-refractivity contribution in [1.82, 2.24) is 4.98 Å². The number of carbonyl (C=O) groups is 1. The fourth-order valence-corrected chi connectivity index (χ4v) is 5.34. The van der Waals surface area contributed by atoms with Gasteiger partial charge in [-0.25, -0.2) is 4.39 Å². The van der Waals surface area contributed by atoms with Crippen molar-refractivity contribution in [3.8, 4) is 0 Å². The Bertz CT molecular complexity index is 1110. The highest BCUT2D eigenvalue weighted by Gasteiger charge is 2.45. The second-order valence-electron chi connectivity index (χ2n) is 8.01. The van der Waals surface area contributed by atoms with Crippen LogP contribution in [0, 0.1) is 5.82 Å². The molecule has 2 N–H and O–H groups in total. The number of benzene rings is 1. The molecule has 8 heteroatoms. The molecule has 5 nitrogen and oxygen atoms in total. The molecule has 0 amide bonds. The largest absolute Gasteiger partial charge is 0.386 e. The van der Waals surface area contributed by atoms with Crippen molar-refractivity contribution in [2.45, 2.75) is 37.5 Å². The first-order valence-corrected chi connectivity index (χ1v) is 11.3. The minimum absolute atomic E-state index is 0.0302. The summed E-state index contributed by atoms with van der Waals surface area (Å²) in [5, 5.41) is 0.436. The van der Waals surface area contributed by atoms with Crippen molar-refractivity contribution in [3.05, 3.63) is 64.2 Å². The van der Waals surface area contributed by atoms with E-state index in [1.165, 1.54) is 18.3 Å². The molecule has 2 atom stereocenters. The van der Waals surface area contributed by atoms with Crippen LogP contribution in [0.4, 0.5) is 4.39 Å². The minimum atomic E-state index is -2.68. The van der Waals surface area contributed by atoms with E-state index in [9.17, 15) is 13.4 Å². The Morgan fingerprint density at radius 2 is 2.00 bits per heavy atom. The van der Waals surface area contributed by atoms with Gasteiger partial charge in [0, 0.05) is 23.9 Å². The Hall–Kier alpha value is -2.25. The van der Waals surface area contributed by atoms with Crippen LogP contribution in [0.25, 0.3) is 0 Å². The van der Waals surface area contributed by atoms with Gasteiger partial charge in [-0.3, -0.25) is 19.0 Å². The van der Waals surface area contributed by atoms with Crippen LogP contribution >= 0.6 is 11.6 Å². The number of carbonyl (C=O) groups excluding carboxylic acids is 1.